The molecule has 1 fully saturated rings. The highest BCUT2D eigenvalue weighted by Gasteiger charge is 2.44. The molecule has 1 aromatic heterocycles. The maximum Gasteiger partial charge on any atom is 0.123 e. The molecule has 8 heteroatoms. The van der Waals surface area contributed by atoms with Crippen LogP contribution in [-0.4, -0.2) is 56.6 Å². The molecular formula is C24H25FO6S. The number of aliphatic hydroxyl groups excluding tert-OH is 5. The molecular weight excluding hydrogens is 435 g/mol. The Labute approximate surface area is 188 Å². The van der Waals surface area contributed by atoms with Crippen LogP contribution in [0.25, 0.3) is 10.4 Å². The number of hydrogen-bond donors (Lipinski definition) is 5. The van der Waals surface area contributed by atoms with Gasteiger partial charge in [-0.2, -0.15) is 0 Å². The standard InChI is InChI=1S/C24H25FO6S/c1-12-2-3-14(24-23(30)22(29)21(28)17(11-26)31-24)10-16(12)20(27)19-9-8-18(32-19)13-4-6-15(25)7-5-13/h2-10,17,20-24,26-30H,11H2,1H3/t17-,20-,21-,22+,23-,24+/m1/s1. The van der Waals surface area contributed by atoms with E-state index in [1.54, 1.807) is 30.3 Å². The van der Waals surface area contributed by atoms with Gasteiger partial charge in [0.15, 0.2) is 0 Å². The van der Waals surface area contributed by atoms with E-state index < -0.39 is 43.2 Å². The van der Waals surface area contributed by atoms with Gasteiger partial charge in [0.05, 0.1) is 6.61 Å². The van der Waals surface area contributed by atoms with Crippen molar-refractivity contribution in [3.63, 3.8) is 0 Å². The SMILES string of the molecule is Cc1ccc([C@@H]2O[C@H](CO)[C@@H](O)[C@H](O)[C@H]2O)cc1[C@@H](O)c1ccc(-c2ccc(F)cc2)s1. The van der Waals surface area contributed by atoms with Crippen LogP contribution in [0.15, 0.2) is 54.6 Å². The minimum atomic E-state index is -1.48. The van der Waals surface area contributed by atoms with Crippen LogP contribution < -0.4 is 0 Å². The van der Waals surface area contributed by atoms with E-state index in [1.807, 2.05) is 19.1 Å². The molecule has 32 heavy (non-hydrogen) atoms. The van der Waals surface area contributed by atoms with Crippen LogP contribution in [0.5, 0.6) is 0 Å². The fraction of sp³-hybridized carbons (Fsp3) is 0.333. The van der Waals surface area contributed by atoms with Crippen molar-refractivity contribution >= 4 is 11.3 Å². The van der Waals surface area contributed by atoms with Gasteiger partial charge in [0.2, 0.25) is 0 Å². The molecule has 4 rings (SSSR count). The molecule has 1 aliphatic rings. The Hall–Kier alpha value is -2.17. The molecule has 1 aliphatic heterocycles. The molecule has 0 unspecified atom stereocenters. The Morgan fingerprint density at radius 2 is 1.69 bits per heavy atom. The lowest BCUT2D eigenvalue weighted by molar-refractivity contribution is -0.231. The fourth-order valence-corrected chi connectivity index (χ4v) is 4.95. The molecule has 0 saturated carbocycles. The Kier molecular flexibility index (Phi) is 6.73. The molecule has 0 amide bonds. The van der Waals surface area contributed by atoms with Crippen LogP contribution in [0.4, 0.5) is 4.39 Å². The first kappa shape index (κ1) is 23.0. The zero-order valence-electron chi connectivity index (χ0n) is 17.3. The number of hydrogen-bond acceptors (Lipinski definition) is 7. The van der Waals surface area contributed by atoms with Gasteiger partial charge in [-0.05, 0) is 59.5 Å². The van der Waals surface area contributed by atoms with Gasteiger partial charge in [-0.3, -0.25) is 0 Å². The van der Waals surface area contributed by atoms with Gasteiger partial charge in [0.25, 0.3) is 0 Å². The van der Waals surface area contributed by atoms with Crippen LogP contribution in [0.2, 0.25) is 0 Å². The van der Waals surface area contributed by atoms with E-state index in [9.17, 15) is 29.9 Å². The number of rotatable bonds is 5. The van der Waals surface area contributed by atoms with Crippen molar-refractivity contribution in [3.8, 4) is 10.4 Å². The zero-order valence-corrected chi connectivity index (χ0v) is 18.1. The van der Waals surface area contributed by atoms with Gasteiger partial charge in [-0.25, -0.2) is 4.39 Å². The summed E-state index contributed by atoms with van der Waals surface area (Å²) in [5.74, 6) is -0.314. The third-order valence-electron chi connectivity index (χ3n) is 5.84. The van der Waals surface area contributed by atoms with E-state index in [1.165, 1.54) is 23.5 Å². The average Bonchev–Trinajstić information content (AvgIpc) is 3.29. The summed E-state index contributed by atoms with van der Waals surface area (Å²) < 4.78 is 18.9. The lowest BCUT2D eigenvalue weighted by Gasteiger charge is -2.40. The summed E-state index contributed by atoms with van der Waals surface area (Å²) in [6.07, 6.45) is -7.24. The minimum absolute atomic E-state index is 0.314. The highest BCUT2D eigenvalue weighted by molar-refractivity contribution is 7.15. The van der Waals surface area contributed by atoms with Gasteiger partial charge in [0.1, 0.15) is 42.4 Å². The summed E-state index contributed by atoms with van der Waals surface area (Å²) in [5.41, 5.74) is 2.79. The van der Waals surface area contributed by atoms with E-state index in [-0.39, 0.29) is 5.82 Å². The van der Waals surface area contributed by atoms with Crippen molar-refractivity contribution in [3.05, 3.63) is 82.0 Å². The number of ether oxygens (including phenoxy) is 1. The lowest BCUT2D eigenvalue weighted by Crippen LogP contribution is -2.55. The molecule has 6 nitrogen and oxygen atoms in total. The lowest BCUT2D eigenvalue weighted by atomic mass is 9.89. The van der Waals surface area contributed by atoms with Gasteiger partial charge < -0.3 is 30.3 Å². The number of aryl methyl sites for hydroxylation is 1. The Balaban J connectivity index is 1.62. The second kappa shape index (κ2) is 9.36. The summed E-state index contributed by atoms with van der Waals surface area (Å²) in [7, 11) is 0. The van der Waals surface area contributed by atoms with Crippen LogP contribution in [0.1, 0.15) is 33.8 Å². The first-order valence-corrected chi connectivity index (χ1v) is 11.1. The topological polar surface area (TPSA) is 110 Å². The molecule has 6 atom stereocenters. The highest BCUT2D eigenvalue weighted by Crippen LogP contribution is 2.38. The molecule has 3 aromatic rings. The van der Waals surface area contributed by atoms with Gasteiger partial charge >= 0.3 is 0 Å². The van der Waals surface area contributed by atoms with E-state index in [0.29, 0.717) is 16.0 Å². The maximum atomic E-state index is 13.2. The summed E-state index contributed by atoms with van der Waals surface area (Å²) in [4.78, 5) is 1.58. The normalized spacial score (nSPS) is 26.8. The highest BCUT2D eigenvalue weighted by atomic mass is 32.1. The van der Waals surface area contributed by atoms with E-state index in [2.05, 4.69) is 0 Å². The average molecular weight is 461 g/mol. The molecule has 2 aromatic carbocycles. The van der Waals surface area contributed by atoms with Crippen LogP contribution in [0.3, 0.4) is 0 Å². The molecule has 0 aliphatic carbocycles. The number of aliphatic hydroxyl groups is 5. The zero-order chi connectivity index (χ0) is 23.0. The van der Waals surface area contributed by atoms with Crippen molar-refractivity contribution in [2.45, 2.75) is 43.5 Å². The first-order chi connectivity index (χ1) is 15.3. The molecule has 0 spiro atoms. The minimum Gasteiger partial charge on any atom is -0.394 e. The summed E-state index contributed by atoms with van der Waals surface area (Å²) in [5, 5.41) is 51.1. The predicted octanol–water partition coefficient (Wildman–Crippen LogP) is 2.46. The second-order valence-electron chi connectivity index (χ2n) is 7.98. The fourth-order valence-electron chi connectivity index (χ4n) is 3.93. The molecule has 0 radical (unpaired) electrons. The van der Waals surface area contributed by atoms with Crippen LogP contribution in [-0.2, 0) is 4.74 Å². The number of thiophene rings is 1. The second-order valence-corrected chi connectivity index (χ2v) is 9.09. The summed E-state index contributed by atoms with van der Waals surface area (Å²) >= 11 is 1.39. The monoisotopic (exact) mass is 460 g/mol. The van der Waals surface area contributed by atoms with E-state index >= 15 is 0 Å². The molecule has 0 bridgehead atoms. The van der Waals surface area contributed by atoms with Gasteiger partial charge in [-0.15, -0.1) is 11.3 Å². The van der Waals surface area contributed by atoms with Gasteiger partial charge in [-0.1, -0.05) is 24.3 Å². The van der Waals surface area contributed by atoms with Crippen molar-refractivity contribution < 1.29 is 34.7 Å². The van der Waals surface area contributed by atoms with Crippen LogP contribution in [0, 0.1) is 12.7 Å². The largest absolute Gasteiger partial charge is 0.394 e. The number of halogens is 1. The van der Waals surface area contributed by atoms with Crippen molar-refractivity contribution in [1.29, 1.82) is 0 Å². The quantitative estimate of drug-likeness (QED) is 0.400. The van der Waals surface area contributed by atoms with E-state index in [4.69, 9.17) is 4.74 Å². The third kappa shape index (κ3) is 4.35. The summed E-state index contributed by atoms with van der Waals surface area (Å²) in [6, 6.07) is 15.0. The Bertz CT molecular complexity index is 1070. The smallest absolute Gasteiger partial charge is 0.123 e. The Morgan fingerprint density at radius 3 is 2.38 bits per heavy atom. The molecule has 2 heterocycles. The molecule has 5 N–H and O–H groups in total. The van der Waals surface area contributed by atoms with Crippen molar-refractivity contribution in [2.24, 2.45) is 0 Å². The van der Waals surface area contributed by atoms with Crippen molar-refractivity contribution in [1.82, 2.24) is 0 Å². The Morgan fingerprint density at radius 1 is 0.969 bits per heavy atom. The molecule has 170 valence electrons. The molecule has 1 saturated heterocycles. The number of benzene rings is 2. The van der Waals surface area contributed by atoms with E-state index in [0.717, 1.165) is 16.0 Å². The first-order valence-electron chi connectivity index (χ1n) is 10.2. The van der Waals surface area contributed by atoms with Crippen LogP contribution >= 0.6 is 11.3 Å². The predicted molar refractivity (Wildman–Crippen MR) is 118 cm³/mol. The maximum absolute atomic E-state index is 13.2. The van der Waals surface area contributed by atoms with Gasteiger partial charge in [0, 0.05) is 9.75 Å². The summed E-state index contributed by atoms with van der Waals surface area (Å²) in [6.45, 7) is 1.34. The third-order valence-corrected chi connectivity index (χ3v) is 7.03. The van der Waals surface area contributed by atoms with Crippen molar-refractivity contribution in [2.75, 3.05) is 6.61 Å².